The number of nitrogens with zero attached hydrogens (tertiary/aromatic N) is 2. The first-order valence-corrected chi connectivity index (χ1v) is 6.06. The monoisotopic (exact) mass is 255 g/mol. The highest BCUT2D eigenvalue weighted by Crippen LogP contribution is 2.17. The number of rotatable bonds is 3. The fraction of sp³-hybridized carbons (Fsp3) is 0.727. The highest BCUT2D eigenvalue weighted by atomic mass is 16.5. The van der Waals surface area contributed by atoms with Crippen molar-refractivity contribution in [2.24, 2.45) is 0 Å². The zero-order valence-corrected chi connectivity index (χ0v) is 10.5. The summed E-state index contributed by atoms with van der Waals surface area (Å²) in [6.07, 6.45) is 0. The molecule has 2 unspecified atom stereocenters. The van der Waals surface area contributed by atoms with Crippen molar-refractivity contribution in [1.29, 1.82) is 0 Å². The summed E-state index contributed by atoms with van der Waals surface area (Å²) in [7, 11) is 0. The Morgan fingerprint density at radius 1 is 1.50 bits per heavy atom. The van der Waals surface area contributed by atoms with Gasteiger partial charge in [-0.25, -0.2) is 4.79 Å². The van der Waals surface area contributed by atoms with Crippen LogP contribution in [0.25, 0.3) is 0 Å². The molecule has 7 nitrogen and oxygen atoms in total. The van der Waals surface area contributed by atoms with E-state index in [1.54, 1.807) is 13.8 Å². The van der Waals surface area contributed by atoms with E-state index in [0.717, 1.165) is 0 Å². The summed E-state index contributed by atoms with van der Waals surface area (Å²) in [5, 5.41) is 2.28. The van der Waals surface area contributed by atoms with Crippen LogP contribution in [0.15, 0.2) is 0 Å². The molecule has 0 aliphatic carbocycles. The lowest BCUT2D eigenvalue weighted by Crippen LogP contribution is -2.56. The van der Waals surface area contributed by atoms with Crippen molar-refractivity contribution in [1.82, 2.24) is 15.1 Å². The zero-order valence-electron chi connectivity index (χ0n) is 10.5. The lowest BCUT2D eigenvalue weighted by atomic mass is 10.1. The van der Waals surface area contributed by atoms with E-state index in [2.05, 4.69) is 5.32 Å². The molecule has 2 aliphatic rings. The Bertz CT molecular complexity index is 384. The Kier molecular flexibility index (Phi) is 3.51. The van der Waals surface area contributed by atoms with Gasteiger partial charge in [0.15, 0.2) is 0 Å². The molecule has 2 saturated heterocycles. The van der Waals surface area contributed by atoms with Gasteiger partial charge in [0.1, 0.15) is 12.1 Å². The molecule has 0 aromatic rings. The van der Waals surface area contributed by atoms with Crippen LogP contribution >= 0.6 is 0 Å². The van der Waals surface area contributed by atoms with Crippen molar-refractivity contribution in [3.05, 3.63) is 0 Å². The Morgan fingerprint density at radius 2 is 2.22 bits per heavy atom. The number of carbonyl (C=O) groups excluding carboxylic acids is 3. The van der Waals surface area contributed by atoms with Crippen LogP contribution in [0.5, 0.6) is 0 Å². The van der Waals surface area contributed by atoms with Crippen molar-refractivity contribution in [2.75, 3.05) is 26.2 Å². The van der Waals surface area contributed by atoms with Crippen molar-refractivity contribution in [2.45, 2.75) is 25.9 Å². The second kappa shape index (κ2) is 4.93. The van der Waals surface area contributed by atoms with Gasteiger partial charge in [-0.1, -0.05) is 0 Å². The summed E-state index contributed by atoms with van der Waals surface area (Å²) in [6, 6.07) is -1.22. The van der Waals surface area contributed by atoms with Crippen molar-refractivity contribution in [3.8, 4) is 0 Å². The summed E-state index contributed by atoms with van der Waals surface area (Å²) < 4.78 is 4.95. The normalized spacial score (nSPS) is 25.7. The van der Waals surface area contributed by atoms with Crippen LogP contribution in [-0.2, 0) is 14.3 Å². The van der Waals surface area contributed by atoms with Crippen LogP contribution in [0.1, 0.15) is 13.8 Å². The molecule has 3 amide bonds. The molecule has 18 heavy (non-hydrogen) atoms. The predicted molar refractivity (Wildman–Crippen MR) is 61.7 cm³/mol. The number of carbonyl (C=O) groups is 3. The third kappa shape index (κ3) is 2.17. The minimum Gasteiger partial charge on any atom is -0.465 e. The van der Waals surface area contributed by atoms with Crippen molar-refractivity contribution >= 4 is 17.9 Å². The number of hydrogen-bond acceptors (Lipinski definition) is 5. The number of hydrogen-bond donors (Lipinski definition) is 1. The molecule has 100 valence electrons. The summed E-state index contributed by atoms with van der Waals surface area (Å²) in [4.78, 5) is 38.0. The molecule has 0 bridgehead atoms. The Morgan fingerprint density at radius 3 is 2.89 bits per heavy atom. The summed E-state index contributed by atoms with van der Waals surface area (Å²) in [5.41, 5.74) is 0. The fourth-order valence-corrected chi connectivity index (χ4v) is 2.30. The maximum atomic E-state index is 11.6. The first kappa shape index (κ1) is 12.8. The van der Waals surface area contributed by atoms with Crippen LogP contribution in [0.2, 0.25) is 0 Å². The predicted octanol–water partition coefficient (Wildman–Crippen LogP) is -0.826. The minimum atomic E-state index is -0.483. The smallest absolute Gasteiger partial charge is 0.324 e. The molecule has 0 saturated carbocycles. The summed E-state index contributed by atoms with van der Waals surface area (Å²) in [6.45, 7) is 5.24. The van der Waals surface area contributed by atoms with Gasteiger partial charge in [0, 0.05) is 19.6 Å². The van der Waals surface area contributed by atoms with Gasteiger partial charge in [-0.05, 0) is 13.8 Å². The first-order chi connectivity index (χ1) is 8.54. The molecular formula is C11H17N3O4. The number of esters is 1. The van der Waals surface area contributed by atoms with Gasteiger partial charge >= 0.3 is 12.0 Å². The van der Waals surface area contributed by atoms with Gasteiger partial charge in [0.05, 0.1) is 6.61 Å². The molecule has 2 fully saturated rings. The third-order valence-corrected chi connectivity index (χ3v) is 3.38. The molecule has 0 aromatic carbocycles. The number of ether oxygens (including phenoxy) is 1. The van der Waals surface area contributed by atoms with Gasteiger partial charge in [0.25, 0.3) is 5.91 Å². The molecule has 0 radical (unpaired) electrons. The largest absolute Gasteiger partial charge is 0.465 e. The Hall–Kier alpha value is -1.63. The highest BCUT2D eigenvalue weighted by Gasteiger charge is 2.43. The summed E-state index contributed by atoms with van der Waals surface area (Å²) >= 11 is 0. The number of nitrogens with one attached hydrogen (secondary N) is 1. The fourth-order valence-electron chi connectivity index (χ4n) is 2.30. The average molecular weight is 255 g/mol. The van der Waals surface area contributed by atoms with Crippen LogP contribution in [-0.4, -0.2) is 66.0 Å². The first-order valence-electron chi connectivity index (χ1n) is 6.06. The number of imide groups is 1. The van der Waals surface area contributed by atoms with E-state index < -0.39 is 12.1 Å². The third-order valence-electron chi connectivity index (χ3n) is 3.38. The van der Waals surface area contributed by atoms with E-state index in [-0.39, 0.29) is 17.9 Å². The van der Waals surface area contributed by atoms with Crippen LogP contribution in [0.4, 0.5) is 4.79 Å². The molecule has 1 N–H and O–H groups in total. The van der Waals surface area contributed by atoms with Crippen molar-refractivity contribution in [3.63, 3.8) is 0 Å². The van der Waals surface area contributed by atoms with E-state index in [1.165, 1.54) is 4.90 Å². The number of fused-ring (bicyclic) bond motifs is 1. The molecule has 2 atom stereocenters. The molecule has 2 rings (SSSR count). The molecule has 7 heteroatoms. The van der Waals surface area contributed by atoms with Crippen molar-refractivity contribution < 1.29 is 19.1 Å². The van der Waals surface area contributed by atoms with Gasteiger partial charge < -0.3 is 9.64 Å². The van der Waals surface area contributed by atoms with Gasteiger partial charge in [-0.3, -0.25) is 19.8 Å². The Balaban J connectivity index is 2.00. The quantitative estimate of drug-likeness (QED) is 0.526. The second-order valence-corrected chi connectivity index (χ2v) is 4.43. The van der Waals surface area contributed by atoms with E-state index in [9.17, 15) is 14.4 Å². The SMILES string of the molecule is CCOC(=O)C(C)N1CCN2C(=O)NC(=O)C2C1. The second-order valence-electron chi connectivity index (χ2n) is 4.43. The number of urea groups is 1. The van der Waals surface area contributed by atoms with Gasteiger partial charge in [0.2, 0.25) is 0 Å². The number of piperazine rings is 1. The van der Waals surface area contributed by atoms with E-state index in [1.807, 2.05) is 4.90 Å². The highest BCUT2D eigenvalue weighted by molar-refractivity contribution is 6.04. The van der Waals surface area contributed by atoms with E-state index >= 15 is 0 Å². The summed E-state index contributed by atoms with van der Waals surface area (Å²) in [5.74, 6) is -0.587. The van der Waals surface area contributed by atoms with E-state index in [0.29, 0.717) is 26.2 Å². The maximum Gasteiger partial charge on any atom is 0.324 e. The standard InChI is InChI=1S/C11H17N3O4/c1-3-18-10(16)7(2)13-4-5-14-8(6-13)9(15)12-11(14)17/h7-8H,3-6H2,1-2H3,(H,12,15,17). The van der Waals surface area contributed by atoms with Crippen LogP contribution in [0, 0.1) is 0 Å². The van der Waals surface area contributed by atoms with Crippen LogP contribution < -0.4 is 5.32 Å². The minimum absolute atomic E-state index is 0.291. The molecule has 2 heterocycles. The maximum absolute atomic E-state index is 11.6. The van der Waals surface area contributed by atoms with Crippen LogP contribution in [0.3, 0.4) is 0 Å². The van der Waals surface area contributed by atoms with E-state index in [4.69, 9.17) is 4.74 Å². The molecule has 0 aromatic heterocycles. The topological polar surface area (TPSA) is 79.0 Å². The average Bonchev–Trinajstić information content (AvgIpc) is 2.64. The zero-order chi connectivity index (χ0) is 13.3. The molecular weight excluding hydrogens is 238 g/mol. The lowest BCUT2D eigenvalue weighted by molar-refractivity contribution is -0.150. The number of amides is 3. The molecule has 2 aliphatic heterocycles. The lowest BCUT2D eigenvalue weighted by Gasteiger charge is -2.37. The van der Waals surface area contributed by atoms with Gasteiger partial charge in [-0.15, -0.1) is 0 Å². The Labute approximate surface area is 105 Å². The molecule has 0 spiro atoms. The van der Waals surface area contributed by atoms with Gasteiger partial charge in [-0.2, -0.15) is 0 Å².